The van der Waals surface area contributed by atoms with Crippen LogP contribution in [0.2, 0.25) is 0 Å². The van der Waals surface area contributed by atoms with Crippen LogP contribution in [-0.2, 0) is 0 Å². The second kappa shape index (κ2) is 6.95. The zero-order valence-electron chi connectivity index (χ0n) is 12.5. The molecule has 0 saturated carbocycles. The van der Waals surface area contributed by atoms with Gasteiger partial charge in [-0.05, 0) is 42.5 Å². The van der Waals surface area contributed by atoms with E-state index in [0.29, 0.717) is 30.7 Å². The minimum absolute atomic E-state index is 0.323. The third kappa shape index (κ3) is 4.69. The molecule has 3 N–H and O–H groups in total. The zero-order valence-corrected chi connectivity index (χ0v) is 12.5. The van der Waals surface area contributed by atoms with E-state index in [2.05, 4.69) is 18.7 Å². The van der Waals surface area contributed by atoms with Crippen molar-refractivity contribution in [1.82, 2.24) is 4.90 Å². The second-order valence-electron chi connectivity index (χ2n) is 6.20. The van der Waals surface area contributed by atoms with Gasteiger partial charge < -0.3 is 20.5 Å². The maximum Gasteiger partial charge on any atom is 0.119 e. The molecule has 3 unspecified atom stereocenters. The Bertz CT molecular complexity index is 397. The number of aliphatic hydroxyl groups excluding tert-OH is 1. The normalized spacial score (nSPS) is 25.4. The Morgan fingerprint density at radius 2 is 1.85 bits per heavy atom. The van der Waals surface area contributed by atoms with E-state index in [4.69, 9.17) is 10.5 Å². The molecule has 3 atom stereocenters. The number of nitrogens with two attached hydrogens (primary N) is 1. The molecule has 1 fully saturated rings. The summed E-state index contributed by atoms with van der Waals surface area (Å²) in [6.07, 6.45) is 0.833. The fourth-order valence-electron chi connectivity index (χ4n) is 3.05. The highest BCUT2D eigenvalue weighted by molar-refractivity contribution is 5.41. The number of likely N-dealkylation sites (tertiary alicyclic amines) is 1. The number of rotatable bonds is 5. The fourth-order valence-corrected chi connectivity index (χ4v) is 3.05. The minimum atomic E-state index is -0.454. The van der Waals surface area contributed by atoms with Gasteiger partial charge >= 0.3 is 0 Å². The average Bonchev–Trinajstić information content (AvgIpc) is 2.37. The van der Waals surface area contributed by atoms with Crippen molar-refractivity contribution in [3.63, 3.8) is 0 Å². The van der Waals surface area contributed by atoms with Gasteiger partial charge in [-0.2, -0.15) is 0 Å². The third-order valence-electron chi connectivity index (χ3n) is 3.74. The Kier molecular flexibility index (Phi) is 5.26. The van der Waals surface area contributed by atoms with Crippen LogP contribution < -0.4 is 10.5 Å². The Labute approximate surface area is 121 Å². The van der Waals surface area contributed by atoms with Crippen molar-refractivity contribution >= 4 is 5.69 Å². The third-order valence-corrected chi connectivity index (χ3v) is 3.74. The summed E-state index contributed by atoms with van der Waals surface area (Å²) < 4.78 is 5.59. The monoisotopic (exact) mass is 278 g/mol. The Hall–Kier alpha value is -1.26. The van der Waals surface area contributed by atoms with Crippen LogP contribution in [0.25, 0.3) is 0 Å². The van der Waals surface area contributed by atoms with Crippen LogP contribution >= 0.6 is 0 Å². The summed E-state index contributed by atoms with van der Waals surface area (Å²) in [5.41, 5.74) is 6.34. The van der Waals surface area contributed by atoms with E-state index in [9.17, 15) is 5.11 Å². The van der Waals surface area contributed by atoms with E-state index < -0.39 is 6.10 Å². The van der Waals surface area contributed by atoms with Crippen molar-refractivity contribution in [1.29, 1.82) is 0 Å². The summed E-state index contributed by atoms with van der Waals surface area (Å²) in [5, 5.41) is 10.1. The number of nitrogen functional groups attached to an aromatic ring is 1. The van der Waals surface area contributed by atoms with Gasteiger partial charge in [-0.25, -0.2) is 0 Å². The van der Waals surface area contributed by atoms with Crippen molar-refractivity contribution in [2.75, 3.05) is 32.0 Å². The van der Waals surface area contributed by atoms with Crippen LogP contribution in [0.1, 0.15) is 20.3 Å². The molecular weight excluding hydrogens is 252 g/mol. The van der Waals surface area contributed by atoms with Gasteiger partial charge in [0.2, 0.25) is 0 Å². The van der Waals surface area contributed by atoms with Gasteiger partial charge in [-0.15, -0.1) is 0 Å². The standard InChI is InChI=1S/C16H26N2O2/c1-12-7-13(2)9-18(8-12)10-15(19)11-20-16-5-3-14(17)4-6-16/h3-6,12-13,15,19H,7-11,17H2,1-2H3. The van der Waals surface area contributed by atoms with Crippen LogP contribution in [0, 0.1) is 11.8 Å². The molecule has 1 aliphatic rings. The summed E-state index contributed by atoms with van der Waals surface area (Å²) in [6.45, 7) is 7.71. The molecule has 4 heteroatoms. The van der Waals surface area contributed by atoms with Crippen molar-refractivity contribution in [3.8, 4) is 5.75 Å². The Morgan fingerprint density at radius 3 is 2.45 bits per heavy atom. The maximum absolute atomic E-state index is 10.1. The van der Waals surface area contributed by atoms with Crippen LogP contribution in [0.15, 0.2) is 24.3 Å². The molecule has 0 aromatic heterocycles. The SMILES string of the molecule is CC1CC(C)CN(CC(O)COc2ccc(N)cc2)C1. The molecule has 1 aromatic carbocycles. The molecule has 2 rings (SSSR count). The van der Waals surface area contributed by atoms with Crippen LogP contribution in [-0.4, -0.2) is 42.4 Å². The summed E-state index contributed by atoms with van der Waals surface area (Å²) in [7, 11) is 0. The highest BCUT2D eigenvalue weighted by atomic mass is 16.5. The predicted molar refractivity (Wildman–Crippen MR) is 81.7 cm³/mol. The van der Waals surface area contributed by atoms with E-state index in [1.165, 1.54) is 6.42 Å². The summed E-state index contributed by atoms with van der Waals surface area (Å²) in [4.78, 5) is 2.34. The topological polar surface area (TPSA) is 58.7 Å². The van der Waals surface area contributed by atoms with E-state index >= 15 is 0 Å². The minimum Gasteiger partial charge on any atom is -0.491 e. The number of benzene rings is 1. The van der Waals surface area contributed by atoms with Crippen molar-refractivity contribution in [2.24, 2.45) is 11.8 Å². The molecule has 112 valence electrons. The van der Waals surface area contributed by atoms with Gasteiger partial charge in [0.1, 0.15) is 18.5 Å². The second-order valence-corrected chi connectivity index (χ2v) is 6.20. The molecule has 1 saturated heterocycles. The molecule has 4 nitrogen and oxygen atoms in total. The fraction of sp³-hybridized carbons (Fsp3) is 0.625. The number of aliphatic hydroxyl groups is 1. The Balaban J connectivity index is 1.74. The highest BCUT2D eigenvalue weighted by Crippen LogP contribution is 2.21. The number of anilines is 1. The summed E-state index contributed by atoms with van der Waals surface area (Å²) >= 11 is 0. The van der Waals surface area contributed by atoms with E-state index in [-0.39, 0.29) is 0 Å². The van der Waals surface area contributed by atoms with E-state index in [1.54, 1.807) is 12.1 Å². The van der Waals surface area contributed by atoms with Crippen molar-refractivity contribution in [2.45, 2.75) is 26.4 Å². The van der Waals surface area contributed by atoms with Crippen LogP contribution in [0.5, 0.6) is 5.75 Å². The molecule has 1 aliphatic heterocycles. The summed E-state index contributed by atoms with van der Waals surface area (Å²) in [5.74, 6) is 2.17. The molecular formula is C16H26N2O2. The van der Waals surface area contributed by atoms with Gasteiger partial charge in [0.15, 0.2) is 0 Å². The number of β-amino-alcohol motifs (C(OH)–C–C–N with tert-alkyl or cyclic N) is 1. The number of piperidine rings is 1. The first-order valence-electron chi connectivity index (χ1n) is 7.41. The van der Waals surface area contributed by atoms with Gasteiger partial charge in [-0.1, -0.05) is 13.8 Å². The lowest BCUT2D eigenvalue weighted by Gasteiger charge is -2.35. The van der Waals surface area contributed by atoms with Gasteiger partial charge in [0.25, 0.3) is 0 Å². The largest absolute Gasteiger partial charge is 0.491 e. The van der Waals surface area contributed by atoms with Gasteiger partial charge in [0.05, 0.1) is 0 Å². The van der Waals surface area contributed by atoms with E-state index in [0.717, 1.165) is 18.8 Å². The number of hydrogen-bond acceptors (Lipinski definition) is 4. The molecule has 0 amide bonds. The molecule has 1 aromatic rings. The number of ether oxygens (including phenoxy) is 1. The van der Waals surface area contributed by atoms with Gasteiger partial charge in [0, 0.05) is 25.3 Å². The first-order valence-corrected chi connectivity index (χ1v) is 7.41. The zero-order chi connectivity index (χ0) is 14.5. The predicted octanol–water partition coefficient (Wildman–Crippen LogP) is 1.99. The van der Waals surface area contributed by atoms with Crippen LogP contribution in [0.4, 0.5) is 5.69 Å². The lowest BCUT2D eigenvalue weighted by molar-refractivity contribution is 0.0429. The highest BCUT2D eigenvalue weighted by Gasteiger charge is 2.23. The maximum atomic E-state index is 10.1. The lowest BCUT2D eigenvalue weighted by Crippen LogP contribution is -2.43. The summed E-state index contributed by atoms with van der Waals surface area (Å²) in [6, 6.07) is 7.26. The van der Waals surface area contributed by atoms with Crippen molar-refractivity contribution < 1.29 is 9.84 Å². The van der Waals surface area contributed by atoms with E-state index in [1.807, 2.05) is 12.1 Å². The molecule has 20 heavy (non-hydrogen) atoms. The molecule has 0 bridgehead atoms. The number of nitrogens with zero attached hydrogens (tertiary/aromatic N) is 1. The average molecular weight is 278 g/mol. The molecule has 0 aliphatic carbocycles. The van der Waals surface area contributed by atoms with Crippen molar-refractivity contribution in [3.05, 3.63) is 24.3 Å². The molecule has 1 heterocycles. The van der Waals surface area contributed by atoms with Gasteiger partial charge in [-0.3, -0.25) is 0 Å². The first-order chi connectivity index (χ1) is 9.52. The Morgan fingerprint density at radius 1 is 1.25 bits per heavy atom. The smallest absolute Gasteiger partial charge is 0.119 e. The number of hydrogen-bond donors (Lipinski definition) is 2. The molecule has 0 spiro atoms. The van der Waals surface area contributed by atoms with Crippen LogP contribution in [0.3, 0.4) is 0 Å². The lowest BCUT2D eigenvalue weighted by atomic mass is 9.92. The molecule has 0 radical (unpaired) electrons. The first kappa shape index (κ1) is 15.1. The quantitative estimate of drug-likeness (QED) is 0.809.